The zero-order chi connectivity index (χ0) is 12.3. The number of likely N-dealkylation sites (tertiary alicyclic amines) is 1. The SMILES string of the molecule is N#CC1CCCCN1Cc1c(Cl)cccc1Cl. The zero-order valence-corrected chi connectivity index (χ0v) is 11.0. The highest BCUT2D eigenvalue weighted by atomic mass is 35.5. The Kier molecular flexibility index (Phi) is 4.28. The summed E-state index contributed by atoms with van der Waals surface area (Å²) in [6.45, 7) is 1.61. The van der Waals surface area contributed by atoms with Crippen LogP contribution in [0.4, 0.5) is 0 Å². The summed E-state index contributed by atoms with van der Waals surface area (Å²) in [6, 6.07) is 7.87. The van der Waals surface area contributed by atoms with Crippen molar-refractivity contribution < 1.29 is 0 Å². The molecule has 1 saturated heterocycles. The van der Waals surface area contributed by atoms with E-state index in [9.17, 15) is 0 Å². The van der Waals surface area contributed by atoms with Gasteiger partial charge in [0.25, 0.3) is 0 Å². The molecular weight excluding hydrogens is 255 g/mol. The van der Waals surface area contributed by atoms with Crippen molar-refractivity contribution >= 4 is 23.2 Å². The molecule has 17 heavy (non-hydrogen) atoms. The molecule has 0 aromatic heterocycles. The summed E-state index contributed by atoms with van der Waals surface area (Å²) < 4.78 is 0. The third kappa shape index (κ3) is 2.93. The number of piperidine rings is 1. The van der Waals surface area contributed by atoms with Crippen molar-refractivity contribution in [3.63, 3.8) is 0 Å². The summed E-state index contributed by atoms with van der Waals surface area (Å²) in [7, 11) is 0. The minimum Gasteiger partial charge on any atom is -0.284 e. The molecule has 2 nitrogen and oxygen atoms in total. The lowest BCUT2D eigenvalue weighted by Crippen LogP contribution is -2.38. The summed E-state index contributed by atoms with van der Waals surface area (Å²) in [5, 5.41) is 10.5. The Morgan fingerprint density at radius 2 is 2.00 bits per heavy atom. The molecule has 0 spiro atoms. The monoisotopic (exact) mass is 268 g/mol. The first kappa shape index (κ1) is 12.7. The molecular formula is C13H14Cl2N2. The molecule has 2 rings (SSSR count). The Hall–Kier alpha value is -0.750. The molecule has 1 aliphatic rings. The highest BCUT2D eigenvalue weighted by molar-refractivity contribution is 6.35. The minimum absolute atomic E-state index is 0.00362. The normalized spacial score (nSPS) is 21.1. The molecule has 1 heterocycles. The van der Waals surface area contributed by atoms with Gasteiger partial charge in [-0.2, -0.15) is 5.26 Å². The van der Waals surface area contributed by atoms with Gasteiger partial charge in [0.05, 0.1) is 12.1 Å². The van der Waals surface area contributed by atoms with Crippen LogP contribution >= 0.6 is 23.2 Å². The summed E-state index contributed by atoms with van der Waals surface area (Å²) in [5.41, 5.74) is 0.929. The van der Waals surface area contributed by atoms with E-state index in [-0.39, 0.29) is 6.04 Å². The van der Waals surface area contributed by atoms with Crippen molar-refractivity contribution in [3.8, 4) is 6.07 Å². The topological polar surface area (TPSA) is 27.0 Å². The van der Waals surface area contributed by atoms with Gasteiger partial charge in [0, 0.05) is 22.2 Å². The molecule has 0 amide bonds. The molecule has 0 radical (unpaired) electrons. The first-order valence-electron chi connectivity index (χ1n) is 5.79. The second kappa shape index (κ2) is 5.73. The van der Waals surface area contributed by atoms with Crippen molar-refractivity contribution in [1.29, 1.82) is 5.26 Å². The van der Waals surface area contributed by atoms with Crippen LogP contribution in [0, 0.1) is 11.3 Å². The van der Waals surface area contributed by atoms with Gasteiger partial charge in [0.15, 0.2) is 0 Å². The van der Waals surface area contributed by atoms with Gasteiger partial charge in [-0.15, -0.1) is 0 Å². The number of hydrogen-bond donors (Lipinski definition) is 0. The van der Waals surface area contributed by atoms with Crippen LogP contribution in [-0.4, -0.2) is 17.5 Å². The number of benzene rings is 1. The van der Waals surface area contributed by atoms with Crippen molar-refractivity contribution in [2.24, 2.45) is 0 Å². The molecule has 1 unspecified atom stereocenters. The van der Waals surface area contributed by atoms with E-state index in [0.717, 1.165) is 31.4 Å². The van der Waals surface area contributed by atoms with Gasteiger partial charge < -0.3 is 0 Å². The lowest BCUT2D eigenvalue weighted by molar-refractivity contribution is 0.176. The molecule has 1 aliphatic heterocycles. The molecule has 0 N–H and O–H groups in total. The van der Waals surface area contributed by atoms with Crippen molar-refractivity contribution in [1.82, 2.24) is 4.90 Å². The second-order valence-electron chi connectivity index (χ2n) is 4.31. The smallest absolute Gasteiger partial charge is 0.0980 e. The number of hydrogen-bond acceptors (Lipinski definition) is 2. The Bertz CT molecular complexity index is 419. The summed E-state index contributed by atoms with van der Waals surface area (Å²) in [4.78, 5) is 2.16. The molecule has 0 bridgehead atoms. The minimum atomic E-state index is -0.00362. The molecule has 1 fully saturated rings. The van der Waals surface area contributed by atoms with Crippen LogP contribution in [0.5, 0.6) is 0 Å². The second-order valence-corrected chi connectivity index (χ2v) is 5.13. The maximum atomic E-state index is 9.12. The van der Waals surface area contributed by atoms with Gasteiger partial charge in [-0.25, -0.2) is 0 Å². The van der Waals surface area contributed by atoms with E-state index in [1.165, 1.54) is 0 Å². The van der Waals surface area contributed by atoms with Crippen LogP contribution in [0.1, 0.15) is 24.8 Å². The Morgan fingerprint density at radius 3 is 2.65 bits per heavy atom. The highest BCUT2D eigenvalue weighted by Gasteiger charge is 2.23. The van der Waals surface area contributed by atoms with Crippen molar-refractivity contribution in [3.05, 3.63) is 33.8 Å². The van der Waals surface area contributed by atoms with Crippen LogP contribution in [0.3, 0.4) is 0 Å². The van der Waals surface area contributed by atoms with E-state index in [4.69, 9.17) is 28.5 Å². The fourth-order valence-electron chi connectivity index (χ4n) is 2.21. The van der Waals surface area contributed by atoms with E-state index in [0.29, 0.717) is 16.6 Å². The standard InChI is InChI=1S/C13H14Cl2N2/c14-12-5-3-6-13(15)11(12)9-17-7-2-1-4-10(17)8-16/h3,5-6,10H,1-2,4,7,9H2. The van der Waals surface area contributed by atoms with Crippen LogP contribution in [0.15, 0.2) is 18.2 Å². The lowest BCUT2D eigenvalue weighted by atomic mass is 10.0. The molecule has 0 aliphatic carbocycles. The van der Waals surface area contributed by atoms with E-state index in [2.05, 4.69) is 11.0 Å². The number of nitrogens with zero attached hydrogens (tertiary/aromatic N) is 2. The number of nitriles is 1. The maximum absolute atomic E-state index is 9.12. The summed E-state index contributed by atoms with van der Waals surface area (Å²) in [6.07, 6.45) is 3.21. The highest BCUT2D eigenvalue weighted by Crippen LogP contribution is 2.28. The fraction of sp³-hybridized carbons (Fsp3) is 0.462. The Morgan fingerprint density at radius 1 is 1.29 bits per heavy atom. The summed E-state index contributed by atoms with van der Waals surface area (Å²) >= 11 is 12.3. The van der Waals surface area contributed by atoms with Gasteiger partial charge >= 0.3 is 0 Å². The third-order valence-corrected chi connectivity index (χ3v) is 3.89. The molecule has 1 atom stereocenters. The van der Waals surface area contributed by atoms with Crippen LogP contribution in [-0.2, 0) is 6.54 Å². The molecule has 4 heteroatoms. The average molecular weight is 269 g/mol. The largest absolute Gasteiger partial charge is 0.284 e. The molecule has 1 aromatic rings. The first-order valence-corrected chi connectivity index (χ1v) is 6.54. The van der Waals surface area contributed by atoms with E-state index >= 15 is 0 Å². The Labute approximate surface area is 112 Å². The number of halogens is 2. The van der Waals surface area contributed by atoms with Crippen LogP contribution in [0.25, 0.3) is 0 Å². The van der Waals surface area contributed by atoms with Gasteiger partial charge in [0.1, 0.15) is 0 Å². The molecule has 0 saturated carbocycles. The van der Waals surface area contributed by atoms with Crippen LogP contribution in [0.2, 0.25) is 10.0 Å². The van der Waals surface area contributed by atoms with Gasteiger partial charge in [-0.3, -0.25) is 4.90 Å². The quantitative estimate of drug-likeness (QED) is 0.814. The average Bonchev–Trinajstić information content (AvgIpc) is 2.34. The van der Waals surface area contributed by atoms with E-state index in [1.807, 2.05) is 18.2 Å². The van der Waals surface area contributed by atoms with Gasteiger partial charge in [-0.05, 0) is 37.9 Å². The molecule has 90 valence electrons. The van der Waals surface area contributed by atoms with Crippen LogP contribution < -0.4 is 0 Å². The zero-order valence-electron chi connectivity index (χ0n) is 9.50. The lowest BCUT2D eigenvalue weighted by Gasteiger charge is -2.31. The fourth-order valence-corrected chi connectivity index (χ4v) is 2.73. The van der Waals surface area contributed by atoms with Gasteiger partial charge in [-0.1, -0.05) is 29.3 Å². The molecule has 1 aromatic carbocycles. The first-order chi connectivity index (χ1) is 8.22. The van der Waals surface area contributed by atoms with E-state index in [1.54, 1.807) is 0 Å². The predicted octanol–water partition coefficient (Wildman–Crippen LogP) is 3.87. The summed E-state index contributed by atoms with van der Waals surface area (Å²) in [5.74, 6) is 0. The Balaban J connectivity index is 2.17. The van der Waals surface area contributed by atoms with E-state index < -0.39 is 0 Å². The maximum Gasteiger partial charge on any atom is 0.0980 e. The van der Waals surface area contributed by atoms with Crippen molar-refractivity contribution in [2.45, 2.75) is 31.8 Å². The third-order valence-electron chi connectivity index (χ3n) is 3.19. The van der Waals surface area contributed by atoms with Gasteiger partial charge in [0.2, 0.25) is 0 Å². The number of rotatable bonds is 2. The van der Waals surface area contributed by atoms with Crippen molar-refractivity contribution in [2.75, 3.05) is 6.54 Å². The predicted molar refractivity (Wildman–Crippen MR) is 70.1 cm³/mol.